The first-order chi connectivity index (χ1) is 6.20. The van der Waals surface area contributed by atoms with Crippen molar-refractivity contribution in [3.63, 3.8) is 0 Å². The quantitative estimate of drug-likeness (QED) is 0.751. The van der Waals surface area contributed by atoms with Gasteiger partial charge in [-0.25, -0.2) is 0 Å². The van der Waals surface area contributed by atoms with Crippen LogP contribution in [0.25, 0.3) is 10.9 Å². The summed E-state index contributed by atoms with van der Waals surface area (Å²) in [5.41, 5.74) is 0.601. The Morgan fingerprint density at radius 3 is 2.64 bits per heavy atom. The van der Waals surface area contributed by atoms with Gasteiger partial charge in [0.1, 0.15) is 5.52 Å². The second-order valence-electron chi connectivity index (χ2n) is 2.59. The van der Waals surface area contributed by atoms with Crippen molar-refractivity contribution in [2.45, 2.75) is 0 Å². The van der Waals surface area contributed by atoms with Gasteiger partial charge in [0, 0.05) is 16.1 Å². The summed E-state index contributed by atoms with van der Waals surface area (Å²) in [6, 6.07) is 5.54. The molecule has 2 nitrogen and oxygen atoms in total. The van der Waals surface area contributed by atoms with Crippen LogP contribution < -0.4 is 0 Å². The zero-order valence-electron chi connectivity index (χ0n) is 6.46. The molecule has 0 saturated heterocycles. The van der Waals surface area contributed by atoms with E-state index in [-0.39, 0.29) is 23.1 Å². The number of phenolic OH excluding ortho intramolecular Hbond substituents is 1. The van der Waals surface area contributed by atoms with E-state index in [1.165, 1.54) is 0 Å². The van der Waals surface area contributed by atoms with E-state index in [1.807, 2.05) is 12.1 Å². The molecule has 0 amide bonds. The Hall–Kier alpha value is -0.0775. The second-order valence-corrected chi connectivity index (χ2v) is 4.30. The number of rotatable bonds is 0. The third-order valence-electron chi connectivity index (χ3n) is 1.77. The number of aromatic nitrogens is 1. The van der Waals surface area contributed by atoms with E-state index in [0.717, 1.165) is 9.86 Å². The Morgan fingerprint density at radius 2 is 1.93 bits per heavy atom. The number of benzene rings is 1. The smallest absolute Gasteiger partial charge is 0.187 e. The number of phenols is 1. The maximum atomic E-state index is 9.65. The number of pyridine rings is 1. The van der Waals surface area contributed by atoms with Crippen LogP contribution in [-0.2, 0) is 0 Å². The van der Waals surface area contributed by atoms with Crippen LogP contribution in [0.5, 0.6) is 5.75 Å². The Kier molecular flexibility index (Phi) is 3.96. The molecule has 0 atom stereocenters. The minimum atomic E-state index is 0. The lowest BCUT2D eigenvalue weighted by Gasteiger charge is -2.03. The van der Waals surface area contributed by atoms with Gasteiger partial charge in [-0.05, 0) is 28.1 Å². The van der Waals surface area contributed by atoms with Gasteiger partial charge in [0.2, 0.25) is 0 Å². The highest BCUT2D eigenvalue weighted by Crippen LogP contribution is 2.35. The zero-order valence-corrected chi connectivity index (χ0v) is 9.63. The van der Waals surface area contributed by atoms with Crippen LogP contribution in [0.2, 0.25) is 0 Å². The van der Waals surface area contributed by atoms with Crippen molar-refractivity contribution in [2.75, 3.05) is 0 Å². The molecule has 1 aromatic carbocycles. The van der Waals surface area contributed by atoms with Crippen molar-refractivity contribution in [3.05, 3.63) is 33.3 Å². The van der Waals surface area contributed by atoms with Crippen LogP contribution in [0.4, 0.5) is 0 Å². The van der Waals surface area contributed by atoms with E-state index in [0.29, 0.717) is 9.99 Å². The highest BCUT2D eigenvalue weighted by Gasteiger charge is 2.08. The van der Waals surface area contributed by atoms with Crippen LogP contribution >= 0.6 is 31.9 Å². The highest BCUT2D eigenvalue weighted by atomic mass is 79.9. The molecular formula is C9H8AlBr2NO. The third kappa shape index (κ3) is 1.96. The van der Waals surface area contributed by atoms with Crippen LogP contribution in [-0.4, -0.2) is 27.5 Å². The third-order valence-corrected chi connectivity index (χ3v) is 3.03. The predicted molar refractivity (Wildman–Crippen MR) is 68.7 cm³/mol. The van der Waals surface area contributed by atoms with Crippen molar-refractivity contribution in [3.8, 4) is 5.75 Å². The maximum Gasteiger partial charge on any atom is 0.187 e. The molecule has 0 saturated carbocycles. The van der Waals surface area contributed by atoms with Gasteiger partial charge >= 0.3 is 0 Å². The van der Waals surface area contributed by atoms with Crippen LogP contribution in [0.1, 0.15) is 0 Å². The van der Waals surface area contributed by atoms with E-state index < -0.39 is 0 Å². The summed E-state index contributed by atoms with van der Waals surface area (Å²) < 4.78 is 1.56. The molecule has 14 heavy (non-hydrogen) atoms. The van der Waals surface area contributed by atoms with E-state index in [2.05, 4.69) is 36.8 Å². The summed E-state index contributed by atoms with van der Waals surface area (Å²) in [7, 11) is 0. The Balaban J connectivity index is 0.000000980. The summed E-state index contributed by atoms with van der Waals surface area (Å²) in [4.78, 5) is 4.09. The van der Waals surface area contributed by atoms with Crippen molar-refractivity contribution in [1.82, 2.24) is 4.98 Å². The van der Waals surface area contributed by atoms with E-state index >= 15 is 0 Å². The standard InChI is InChI=1S/C9H5Br2NO.Al.3H/c10-6-4-7(11)9(13)8-5(6)2-1-3-12-8;;;;/h1-4,13H;;;;. The molecule has 1 aromatic heterocycles. The molecule has 1 heterocycles. The lowest BCUT2D eigenvalue weighted by molar-refractivity contribution is 0.477. The van der Waals surface area contributed by atoms with Gasteiger partial charge in [0.05, 0.1) is 4.47 Å². The zero-order chi connectivity index (χ0) is 9.42. The lowest BCUT2D eigenvalue weighted by atomic mass is 10.2. The van der Waals surface area contributed by atoms with Crippen LogP contribution in [0.3, 0.4) is 0 Å². The molecule has 0 fully saturated rings. The minimum Gasteiger partial charge on any atom is -0.505 e. The molecular weight excluding hydrogens is 325 g/mol. The first-order valence-electron chi connectivity index (χ1n) is 3.62. The van der Waals surface area contributed by atoms with Gasteiger partial charge in [0.25, 0.3) is 0 Å². The molecule has 0 radical (unpaired) electrons. The number of nitrogens with zero attached hydrogens (tertiary/aromatic N) is 1. The minimum absolute atomic E-state index is 0. The molecule has 2 rings (SSSR count). The summed E-state index contributed by atoms with van der Waals surface area (Å²) in [5, 5.41) is 10.6. The number of hydrogen-bond acceptors (Lipinski definition) is 2. The molecule has 5 heteroatoms. The highest BCUT2D eigenvalue weighted by molar-refractivity contribution is 9.11. The Bertz CT molecular complexity index is 476. The fourth-order valence-corrected chi connectivity index (χ4v) is 2.43. The monoisotopic (exact) mass is 331 g/mol. The van der Waals surface area contributed by atoms with Gasteiger partial charge in [-0.1, -0.05) is 22.0 Å². The summed E-state index contributed by atoms with van der Waals surface area (Å²) >= 11 is 6.65. The maximum absolute atomic E-state index is 9.65. The Labute approximate surface area is 109 Å². The van der Waals surface area contributed by atoms with E-state index in [1.54, 1.807) is 12.3 Å². The van der Waals surface area contributed by atoms with Gasteiger partial charge in [-0.15, -0.1) is 0 Å². The van der Waals surface area contributed by atoms with Gasteiger partial charge in [0.15, 0.2) is 23.1 Å². The SMILES string of the molecule is Oc1c(Br)cc(Br)c2cccnc12.[AlH3]. The number of aromatic hydroxyl groups is 1. The van der Waals surface area contributed by atoms with Gasteiger partial charge in [-0.2, -0.15) is 0 Å². The van der Waals surface area contributed by atoms with Crippen LogP contribution in [0, 0.1) is 0 Å². The fourth-order valence-electron chi connectivity index (χ4n) is 1.16. The topological polar surface area (TPSA) is 33.1 Å². The van der Waals surface area contributed by atoms with Gasteiger partial charge < -0.3 is 5.11 Å². The molecule has 1 N–H and O–H groups in total. The normalized spacial score (nSPS) is 9.86. The average Bonchev–Trinajstić information content (AvgIpc) is 2.15. The Morgan fingerprint density at radius 1 is 1.21 bits per heavy atom. The van der Waals surface area contributed by atoms with Crippen LogP contribution in [0.15, 0.2) is 33.3 Å². The number of hydrogen-bond donors (Lipinski definition) is 1. The van der Waals surface area contributed by atoms with Crippen molar-refractivity contribution in [1.29, 1.82) is 0 Å². The molecule has 0 aliphatic carbocycles. The lowest BCUT2D eigenvalue weighted by Crippen LogP contribution is -1.81. The summed E-state index contributed by atoms with van der Waals surface area (Å²) in [5.74, 6) is 0.179. The van der Waals surface area contributed by atoms with E-state index in [4.69, 9.17) is 0 Å². The predicted octanol–water partition coefficient (Wildman–Crippen LogP) is 2.28. The summed E-state index contributed by atoms with van der Waals surface area (Å²) in [6.45, 7) is 0. The number of fused-ring (bicyclic) bond motifs is 1. The molecule has 2 aromatic rings. The summed E-state index contributed by atoms with van der Waals surface area (Å²) in [6.07, 6.45) is 1.65. The largest absolute Gasteiger partial charge is 0.505 e. The molecule has 0 bridgehead atoms. The number of halogens is 2. The van der Waals surface area contributed by atoms with Crippen molar-refractivity contribution in [2.24, 2.45) is 0 Å². The first kappa shape index (κ1) is 12.0. The molecule has 0 aliphatic heterocycles. The van der Waals surface area contributed by atoms with Crippen molar-refractivity contribution >= 4 is 60.1 Å². The molecule has 0 unspecified atom stereocenters. The molecule has 72 valence electrons. The van der Waals surface area contributed by atoms with Gasteiger partial charge in [-0.3, -0.25) is 4.98 Å². The molecule has 0 aliphatic rings. The first-order valence-corrected chi connectivity index (χ1v) is 5.20. The molecule has 0 spiro atoms. The average molecular weight is 333 g/mol. The van der Waals surface area contributed by atoms with E-state index in [9.17, 15) is 5.11 Å². The fraction of sp³-hybridized carbons (Fsp3) is 0. The van der Waals surface area contributed by atoms with Crippen molar-refractivity contribution < 1.29 is 5.11 Å². The second kappa shape index (κ2) is 4.63.